The minimum atomic E-state index is -0.512. The van der Waals surface area contributed by atoms with Gasteiger partial charge in [0.1, 0.15) is 5.75 Å². The molecule has 0 aliphatic carbocycles. The van der Waals surface area contributed by atoms with Crippen molar-refractivity contribution in [2.45, 2.75) is 26.4 Å². The van der Waals surface area contributed by atoms with E-state index in [1.807, 2.05) is 24.3 Å². The second kappa shape index (κ2) is 6.22. The largest absolute Gasteiger partial charge is 0.483 e. The lowest BCUT2D eigenvalue weighted by atomic mass is 10.1. The number of carbonyl (C=O) groups excluding carboxylic acids is 1. The Kier molecular flexibility index (Phi) is 4.61. The van der Waals surface area contributed by atoms with Gasteiger partial charge in [-0.25, -0.2) is 0 Å². The van der Waals surface area contributed by atoms with Crippen molar-refractivity contribution in [3.05, 3.63) is 51.2 Å². The summed E-state index contributed by atoms with van der Waals surface area (Å²) in [6, 6.07) is 11.3. The first-order chi connectivity index (χ1) is 9.10. The van der Waals surface area contributed by atoms with Crippen LogP contribution in [0, 0.1) is 0 Å². The third-order valence-corrected chi connectivity index (χ3v) is 4.05. The van der Waals surface area contributed by atoms with Crippen molar-refractivity contribution in [2.75, 3.05) is 0 Å². The molecule has 0 bridgehead atoms. The molecule has 0 aliphatic rings. The number of benzene rings is 1. The van der Waals surface area contributed by atoms with Gasteiger partial charge < -0.3 is 4.74 Å². The van der Waals surface area contributed by atoms with Crippen molar-refractivity contribution in [3.63, 3.8) is 0 Å². The molecule has 0 fully saturated rings. The van der Waals surface area contributed by atoms with Gasteiger partial charge in [-0.15, -0.1) is 11.3 Å². The van der Waals surface area contributed by atoms with Crippen LogP contribution in [0.5, 0.6) is 5.75 Å². The number of Topliss-reactive ketones (excluding diaryl/α,β-unsaturated/α-hetero) is 1. The Labute approximate surface area is 122 Å². The lowest BCUT2D eigenvalue weighted by Gasteiger charge is -2.13. The van der Waals surface area contributed by atoms with Gasteiger partial charge in [0, 0.05) is 0 Å². The molecular formula is C15H15ClO2S. The van der Waals surface area contributed by atoms with Crippen molar-refractivity contribution in [2.24, 2.45) is 0 Å². The molecule has 0 aliphatic heterocycles. The van der Waals surface area contributed by atoms with E-state index in [0.29, 0.717) is 9.21 Å². The molecule has 4 heteroatoms. The maximum atomic E-state index is 12.1. The number of hydrogen-bond acceptors (Lipinski definition) is 3. The molecule has 1 atom stereocenters. The van der Waals surface area contributed by atoms with Crippen LogP contribution in [0.4, 0.5) is 0 Å². The highest BCUT2D eigenvalue weighted by Gasteiger charge is 2.18. The molecule has 19 heavy (non-hydrogen) atoms. The van der Waals surface area contributed by atoms with Gasteiger partial charge >= 0.3 is 0 Å². The number of carbonyl (C=O) groups is 1. The standard InChI is InChI=1S/C15H15ClO2S/c1-3-11-5-4-6-12(9-11)18-10(2)15(17)13-7-8-14(16)19-13/h4-10H,3H2,1-2H3. The molecule has 0 saturated carbocycles. The molecule has 2 nitrogen and oxygen atoms in total. The fourth-order valence-corrected chi connectivity index (χ4v) is 2.80. The molecule has 1 heterocycles. The first kappa shape index (κ1) is 14.1. The Bertz CT molecular complexity index is 577. The highest BCUT2D eigenvalue weighted by molar-refractivity contribution is 7.18. The van der Waals surface area contributed by atoms with Crippen LogP contribution >= 0.6 is 22.9 Å². The molecule has 0 saturated heterocycles. The van der Waals surface area contributed by atoms with Crippen LogP contribution in [0.3, 0.4) is 0 Å². The molecule has 2 aromatic rings. The van der Waals surface area contributed by atoms with Gasteiger partial charge in [0.25, 0.3) is 0 Å². The van der Waals surface area contributed by atoms with E-state index in [1.54, 1.807) is 19.1 Å². The van der Waals surface area contributed by atoms with Crippen LogP contribution in [0.25, 0.3) is 0 Å². The zero-order valence-corrected chi connectivity index (χ0v) is 12.4. The smallest absolute Gasteiger partial charge is 0.212 e. The Morgan fingerprint density at radius 2 is 2.16 bits per heavy atom. The lowest BCUT2D eigenvalue weighted by Crippen LogP contribution is -2.23. The number of halogens is 1. The molecule has 0 spiro atoms. The van der Waals surface area contributed by atoms with Crippen LogP contribution < -0.4 is 4.74 Å². The number of aryl methyl sites for hydroxylation is 1. The van der Waals surface area contributed by atoms with Gasteiger partial charge in [-0.2, -0.15) is 0 Å². The highest BCUT2D eigenvalue weighted by Crippen LogP contribution is 2.24. The van der Waals surface area contributed by atoms with Gasteiger partial charge in [-0.05, 0) is 43.2 Å². The van der Waals surface area contributed by atoms with Gasteiger partial charge in [-0.3, -0.25) is 4.79 Å². The minimum Gasteiger partial charge on any atom is -0.483 e. The summed E-state index contributed by atoms with van der Waals surface area (Å²) < 4.78 is 6.31. The minimum absolute atomic E-state index is 0.0428. The Morgan fingerprint density at radius 1 is 1.37 bits per heavy atom. The fourth-order valence-electron chi connectivity index (χ4n) is 1.74. The summed E-state index contributed by atoms with van der Waals surface area (Å²) in [7, 11) is 0. The summed E-state index contributed by atoms with van der Waals surface area (Å²) in [4.78, 5) is 12.8. The van der Waals surface area contributed by atoms with Crippen LogP contribution in [0.15, 0.2) is 36.4 Å². The number of ether oxygens (including phenoxy) is 1. The van der Waals surface area contributed by atoms with E-state index in [1.165, 1.54) is 16.9 Å². The molecule has 100 valence electrons. The average Bonchev–Trinajstić information content (AvgIpc) is 2.84. The SMILES string of the molecule is CCc1cccc(OC(C)C(=O)c2ccc(Cl)s2)c1. The normalized spacial score (nSPS) is 12.2. The Balaban J connectivity index is 2.07. The summed E-state index contributed by atoms with van der Waals surface area (Å²) >= 11 is 7.11. The van der Waals surface area contributed by atoms with Gasteiger partial charge in [0.05, 0.1) is 9.21 Å². The van der Waals surface area contributed by atoms with E-state index in [-0.39, 0.29) is 5.78 Å². The van der Waals surface area contributed by atoms with Gasteiger partial charge in [0.2, 0.25) is 5.78 Å². The molecule has 1 aromatic carbocycles. The van der Waals surface area contributed by atoms with E-state index in [0.717, 1.165) is 12.2 Å². The Morgan fingerprint density at radius 3 is 2.79 bits per heavy atom. The topological polar surface area (TPSA) is 26.3 Å². The first-order valence-electron chi connectivity index (χ1n) is 6.15. The Hall–Kier alpha value is -1.32. The van der Waals surface area contributed by atoms with Crippen LogP contribution in [-0.4, -0.2) is 11.9 Å². The summed E-state index contributed by atoms with van der Waals surface area (Å²) in [6.07, 6.45) is 0.432. The summed E-state index contributed by atoms with van der Waals surface area (Å²) in [6.45, 7) is 3.84. The van der Waals surface area contributed by atoms with E-state index in [2.05, 4.69) is 6.92 Å². The van der Waals surface area contributed by atoms with E-state index in [4.69, 9.17) is 16.3 Å². The highest BCUT2D eigenvalue weighted by atomic mass is 35.5. The van der Waals surface area contributed by atoms with Crippen LogP contribution in [-0.2, 0) is 6.42 Å². The molecule has 0 amide bonds. The zero-order chi connectivity index (χ0) is 13.8. The van der Waals surface area contributed by atoms with E-state index >= 15 is 0 Å². The molecule has 2 rings (SSSR count). The summed E-state index contributed by atoms with van der Waals surface area (Å²) in [5, 5.41) is 0. The predicted molar refractivity (Wildman–Crippen MR) is 79.6 cm³/mol. The van der Waals surface area contributed by atoms with Crippen molar-refractivity contribution < 1.29 is 9.53 Å². The molecule has 1 aromatic heterocycles. The molecular weight excluding hydrogens is 280 g/mol. The first-order valence-corrected chi connectivity index (χ1v) is 7.34. The van der Waals surface area contributed by atoms with E-state index < -0.39 is 6.10 Å². The van der Waals surface area contributed by atoms with Crippen LogP contribution in [0.2, 0.25) is 4.34 Å². The van der Waals surface area contributed by atoms with Crippen molar-refractivity contribution in [1.82, 2.24) is 0 Å². The fraction of sp³-hybridized carbons (Fsp3) is 0.267. The third-order valence-electron chi connectivity index (χ3n) is 2.80. The zero-order valence-electron chi connectivity index (χ0n) is 10.9. The van der Waals surface area contributed by atoms with Gasteiger partial charge in [-0.1, -0.05) is 30.7 Å². The number of hydrogen-bond donors (Lipinski definition) is 0. The maximum absolute atomic E-state index is 12.1. The van der Waals surface area contributed by atoms with Crippen molar-refractivity contribution >= 4 is 28.7 Å². The van der Waals surface area contributed by atoms with Gasteiger partial charge in [0.15, 0.2) is 6.10 Å². The van der Waals surface area contributed by atoms with Crippen molar-refractivity contribution in [3.8, 4) is 5.75 Å². The molecule has 0 N–H and O–H groups in total. The molecule has 1 unspecified atom stereocenters. The second-order valence-corrected chi connectivity index (χ2v) is 5.94. The number of rotatable bonds is 5. The quantitative estimate of drug-likeness (QED) is 0.753. The summed E-state index contributed by atoms with van der Waals surface area (Å²) in [5.41, 5.74) is 1.19. The van der Waals surface area contributed by atoms with E-state index in [9.17, 15) is 4.79 Å². The lowest BCUT2D eigenvalue weighted by molar-refractivity contribution is 0.0822. The third kappa shape index (κ3) is 3.58. The van der Waals surface area contributed by atoms with Crippen molar-refractivity contribution in [1.29, 1.82) is 0 Å². The monoisotopic (exact) mass is 294 g/mol. The molecule has 0 radical (unpaired) electrons. The summed E-state index contributed by atoms with van der Waals surface area (Å²) in [5.74, 6) is 0.682. The predicted octanol–water partition coefficient (Wildman–Crippen LogP) is 4.61. The number of thiophene rings is 1. The number of ketones is 1. The van der Waals surface area contributed by atoms with Crippen LogP contribution in [0.1, 0.15) is 29.1 Å². The average molecular weight is 295 g/mol. The maximum Gasteiger partial charge on any atom is 0.212 e. The second-order valence-electron chi connectivity index (χ2n) is 4.23.